The highest BCUT2D eigenvalue weighted by Gasteiger charge is 2.28. The normalized spacial score (nSPS) is 16.8. The van der Waals surface area contributed by atoms with Gasteiger partial charge in [0.1, 0.15) is 17.9 Å². The topological polar surface area (TPSA) is 98.9 Å². The molecule has 4 aromatic rings. The second-order valence-electron chi connectivity index (χ2n) is 11.6. The Balaban J connectivity index is 1.26. The summed E-state index contributed by atoms with van der Waals surface area (Å²) in [5, 5.41) is 13.9. The minimum Gasteiger partial charge on any atom is -0.488 e. The quantitative estimate of drug-likeness (QED) is 0.266. The number of carboxylic acid groups (broad SMARTS) is 1. The van der Waals surface area contributed by atoms with Crippen LogP contribution in [0.4, 0.5) is 0 Å². The lowest BCUT2D eigenvalue weighted by molar-refractivity contribution is 0.0690. The first-order valence-corrected chi connectivity index (χ1v) is 14.9. The zero-order valence-electron chi connectivity index (χ0n) is 25.2. The van der Waals surface area contributed by atoms with E-state index in [9.17, 15) is 9.90 Å². The SMILES string of the molecule is Cc1cccc(-c2cccc(-n3ncc(C(=O)O)c3OC(C)C)n2)c1OCc1ccc2c(c1C)CCN(C1CCOC1)C2. The van der Waals surface area contributed by atoms with Crippen LogP contribution in [0.2, 0.25) is 0 Å². The Morgan fingerprint density at radius 3 is 2.74 bits per heavy atom. The molecule has 2 aromatic carbocycles. The molecular formula is C34H38N4O5. The number of rotatable bonds is 9. The van der Waals surface area contributed by atoms with Crippen LogP contribution in [0, 0.1) is 13.8 Å². The Morgan fingerprint density at radius 2 is 1.98 bits per heavy atom. The lowest BCUT2D eigenvalue weighted by atomic mass is 9.91. The average Bonchev–Trinajstić information content (AvgIpc) is 3.68. The number of aromatic carboxylic acids is 1. The number of hydrogen-bond acceptors (Lipinski definition) is 7. The second-order valence-corrected chi connectivity index (χ2v) is 11.6. The van der Waals surface area contributed by atoms with Crippen LogP contribution in [0.5, 0.6) is 11.6 Å². The summed E-state index contributed by atoms with van der Waals surface area (Å²) in [7, 11) is 0. The molecule has 43 heavy (non-hydrogen) atoms. The van der Waals surface area contributed by atoms with Crippen molar-refractivity contribution in [3.05, 3.63) is 88.1 Å². The second kappa shape index (κ2) is 12.2. The van der Waals surface area contributed by atoms with E-state index in [0.717, 1.165) is 56.0 Å². The molecule has 1 fully saturated rings. The van der Waals surface area contributed by atoms with E-state index in [2.05, 4.69) is 29.1 Å². The van der Waals surface area contributed by atoms with Gasteiger partial charge in [0.25, 0.3) is 0 Å². The molecule has 0 amide bonds. The number of para-hydroxylation sites is 1. The summed E-state index contributed by atoms with van der Waals surface area (Å²) in [6.07, 6.45) is 3.21. The molecule has 0 spiro atoms. The molecule has 9 nitrogen and oxygen atoms in total. The van der Waals surface area contributed by atoms with Crippen LogP contribution in [-0.2, 0) is 24.3 Å². The third-order valence-electron chi connectivity index (χ3n) is 8.37. The monoisotopic (exact) mass is 582 g/mol. The Bertz CT molecular complexity index is 1640. The van der Waals surface area contributed by atoms with E-state index >= 15 is 0 Å². The van der Waals surface area contributed by atoms with Crippen LogP contribution >= 0.6 is 0 Å². The van der Waals surface area contributed by atoms with E-state index in [0.29, 0.717) is 24.2 Å². The van der Waals surface area contributed by atoms with E-state index in [-0.39, 0.29) is 17.5 Å². The summed E-state index contributed by atoms with van der Waals surface area (Å²) in [6.45, 7) is 12.1. The first kappa shape index (κ1) is 28.9. The maximum atomic E-state index is 11.8. The zero-order valence-corrected chi connectivity index (χ0v) is 25.2. The zero-order chi connectivity index (χ0) is 30.1. The van der Waals surface area contributed by atoms with E-state index in [4.69, 9.17) is 19.2 Å². The Kier molecular flexibility index (Phi) is 8.19. The van der Waals surface area contributed by atoms with Gasteiger partial charge in [-0.25, -0.2) is 9.78 Å². The Morgan fingerprint density at radius 1 is 1.14 bits per heavy atom. The molecule has 2 aliphatic rings. The van der Waals surface area contributed by atoms with Crippen LogP contribution in [0.1, 0.15) is 58.4 Å². The van der Waals surface area contributed by atoms with Crippen molar-refractivity contribution in [1.29, 1.82) is 0 Å². The molecular weight excluding hydrogens is 544 g/mol. The number of fused-ring (bicyclic) bond motifs is 1. The van der Waals surface area contributed by atoms with Crippen LogP contribution in [0.3, 0.4) is 0 Å². The molecule has 2 aliphatic heterocycles. The molecule has 9 heteroatoms. The highest BCUT2D eigenvalue weighted by molar-refractivity contribution is 5.90. The molecule has 6 rings (SSSR count). The van der Waals surface area contributed by atoms with Crippen molar-refractivity contribution in [3.63, 3.8) is 0 Å². The summed E-state index contributed by atoms with van der Waals surface area (Å²) in [5.74, 6) is 0.264. The summed E-state index contributed by atoms with van der Waals surface area (Å²) in [5.41, 5.74) is 7.87. The number of carboxylic acids is 1. The highest BCUT2D eigenvalue weighted by atomic mass is 16.5. The number of aromatic nitrogens is 3. The molecule has 0 aliphatic carbocycles. The van der Waals surface area contributed by atoms with Crippen LogP contribution in [0.15, 0.2) is 54.7 Å². The number of carbonyl (C=O) groups is 1. The van der Waals surface area contributed by atoms with Gasteiger partial charge in [-0.1, -0.05) is 30.3 Å². The predicted molar refractivity (Wildman–Crippen MR) is 163 cm³/mol. The molecule has 0 saturated carbocycles. The van der Waals surface area contributed by atoms with Crippen molar-refractivity contribution in [1.82, 2.24) is 19.7 Å². The smallest absolute Gasteiger partial charge is 0.342 e. The highest BCUT2D eigenvalue weighted by Crippen LogP contribution is 2.35. The minimum atomic E-state index is -1.11. The number of aryl methyl sites for hydroxylation is 1. The average molecular weight is 583 g/mol. The molecule has 2 aromatic heterocycles. The number of nitrogens with zero attached hydrogens (tertiary/aromatic N) is 4. The standard InChI is InChI=1S/C34H38N4O5/c1-21(2)43-33-29(34(39)40)17-35-38(33)31-10-6-9-30(36-31)28-8-5-7-22(3)32(28)42-19-25-12-11-24-18-37(26-14-16-41-20-26)15-13-27(24)23(25)4/h5-12,17,21,26H,13-16,18-20H2,1-4H3,(H,39,40). The lowest BCUT2D eigenvalue weighted by Gasteiger charge is -2.34. The largest absolute Gasteiger partial charge is 0.488 e. The summed E-state index contributed by atoms with van der Waals surface area (Å²) >= 11 is 0. The van der Waals surface area contributed by atoms with Gasteiger partial charge >= 0.3 is 5.97 Å². The van der Waals surface area contributed by atoms with Gasteiger partial charge in [-0.3, -0.25) is 4.90 Å². The lowest BCUT2D eigenvalue weighted by Crippen LogP contribution is -2.39. The van der Waals surface area contributed by atoms with Crippen molar-refractivity contribution < 1.29 is 24.1 Å². The van der Waals surface area contributed by atoms with Gasteiger partial charge in [0.2, 0.25) is 5.88 Å². The molecule has 1 N–H and O–H groups in total. The number of benzene rings is 2. The molecule has 0 bridgehead atoms. The third-order valence-corrected chi connectivity index (χ3v) is 8.37. The predicted octanol–water partition coefficient (Wildman–Crippen LogP) is 5.76. The number of pyridine rings is 1. The molecule has 4 heterocycles. The Hall–Kier alpha value is -4.21. The van der Waals surface area contributed by atoms with Crippen molar-refractivity contribution in [3.8, 4) is 28.7 Å². The van der Waals surface area contributed by atoms with Gasteiger partial charge in [0, 0.05) is 31.3 Å². The fraction of sp³-hybridized carbons (Fsp3) is 0.382. The van der Waals surface area contributed by atoms with Crippen molar-refractivity contribution in [2.45, 2.75) is 65.8 Å². The van der Waals surface area contributed by atoms with Crippen molar-refractivity contribution >= 4 is 5.97 Å². The van der Waals surface area contributed by atoms with Crippen LogP contribution < -0.4 is 9.47 Å². The summed E-state index contributed by atoms with van der Waals surface area (Å²) < 4.78 is 19.4. The maximum absolute atomic E-state index is 11.8. The van der Waals surface area contributed by atoms with E-state index in [1.54, 1.807) is 6.07 Å². The molecule has 0 radical (unpaired) electrons. The Labute approximate surface area is 252 Å². The minimum absolute atomic E-state index is 0.0128. The van der Waals surface area contributed by atoms with Crippen LogP contribution in [-0.4, -0.2) is 62.6 Å². The fourth-order valence-electron chi connectivity index (χ4n) is 6.06. The van der Waals surface area contributed by atoms with Gasteiger partial charge in [-0.15, -0.1) is 0 Å². The van der Waals surface area contributed by atoms with Crippen LogP contribution in [0.25, 0.3) is 17.1 Å². The first-order valence-electron chi connectivity index (χ1n) is 14.9. The van der Waals surface area contributed by atoms with Crippen molar-refractivity contribution in [2.24, 2.45) is 0 Å². The van der Waals surface area contributed by atoms with Gasteiger partial charge in [-0.2, -0.15) is 9.78 Å². The number of ether oxygens (including phenoxy) is 3. The van der Waals surface area contributed by atoms with E-state index < -0.39 is 5.97 Å². The van der Waals surface area contributed by atoms with Crippen molar-refractivity contribution in [2.75, 3.05) is 19.8 Å². The number of hydrogen-bond donors (Lipinski definition) is 1. The van der Waals surface area contributed by atoms with Gasteiger partial charge in [0.15, 0.2) is 5.82 Å². The van der Waals surface area contributed by atoms with Gasteiger partial charge in [-0.05, 0) is 86.6 Å². The molecule has 1 saturated heterocycles. The summed E-state index contributed by atoms with van der Waals surface area (Å²) in [4.78, 5) is 19.2. The molecule has 1 unspecified atom stereocenters. The van der Waals surface area contributed by atoms with Gasteiger partial charge in [0.05, 0.1) is 24.6 Å². The fourth-order valence-corrected chi connectivity index (χ4v) is 6.06. The van der Waals surface area contributed by atoms with E-state index in [1.165, 1.54) is 33.1 Å². The summed E-state index contributed by atoms with van der Waals surface area (Å²) in [6, 6.07) is 16.6. The molecule has 224 valence electrons. The maximum Gasteiger partial charge on any atom is 0.342 e. The molecule has 1 atom stereocenters. The van der Waals surface area contributed by atoms with Gasteiger partial charge < -0.3 is 19.3 Å². The third kappa shape index (κ3) is 5.87. The van der Waals surface area contributed by atoms with E-state index in [1.807, 2.05) is 51.1 Å². The first-order chi connectivity index (χ1) is 20.8.